The number of nitrogens with zero attached hydrogens (tertiary/aromatic N) is 2. The number of anilines is 1. The third-order valence-electron chi connectivity index (χ3n) is 4.36. The summed E-state index contributed by atoms with van der Waals surface area (Å²) in [7, 11) is 0. The minimum absolute atomic E-state index is 0.0504. The zero-order valence-corrected chi connectivity index (χ0v) is 19.6. The van der Waals surface area contributed by atoms with Gasteiger partial charge in [-0.25, -0.2) is 4.98 Å². The minimum atomic E-state index is -0.294. The van der Waals surface area contributed by atoms with Crippen LogP contribution in [-0.4, -0.2) is 33.9 Å². The first-order chi connectivity index (χ1) is 14.9. The molecule has 1 heterocycles. The highest BCUT2D eigenvalue weighted by Crippen LogP contribution is 2.30. The first-order valence-electron chi connectivity index (χ1n) is 9.84. The first kappa shape index (κ1) is 23.6. The molecule has 0 aliphatic rings. The number of ether oxygens (including phenoxy) is 1. The summed E-state index contributed by atoms with van der Waals surface area (Å²) in [6, 6.07) is 12.2. The van der Waals surface area contributed by atoms with Crippen molar-refractivity contribution in [1.82, 2.24) is 9.55 Å². The van der Waals surface area contributed by atoms with Gasteiger partial charge in [-0.1, -0.05) is 53.2 Å². The molecule has 0 saturated heterocycles. The number of benzene rings is 2. The van der Waals surface area contributed by atoms with Crippen LogP contribution in [0.15, 0.2) is 52.4 Å². The molecule has 0 atom stereocenters. The van der Waals surface area contributed by atoms with Gasteiger partial charge in [0.2, 0.25) is 5.91 Å². The Kier molecular flexibility index (Phi) is 8.37. The van der Waals surface area contributed by atoms with E-state index in [1.165, 1.54) is 11.8 Å². The van der Waals surface area contributed by atoms with E-state index < -0.39 is 0 Å². The van der Waals surface area contributed by atoms with Crippen LogP contribution in [-0.2, 0) is 16.1 Å². The van der Waals surface area contributed by atoms with Crippen LogP contribution in [0.4, 0.5) is 5.69 Å². The van der Waals surface area contributed by atoms with Crippen molar-refractivity contribution in [2.45, 2.75) is 38.1 Å². The van der Waals surface area contributed by atoms with Crippen LogP contribution < -0.4 is 10.9 Å². The van der Waals surface area contributed by atoms with Gasteiger partial charge in [-0.15, -0.1) is 0 Å². The van der Waals surface area contributed by atoms with Crippen LogP contribution in [0.5, 0.6) is 0 Å². The van der Waals surface area contributed by atoms with Crippen molar-refractivity contribution in [3.8, 4) is 0 Å². The molecule has 0 fully saturated rings. The smallest absolute Gasteiger partial charge is 0.262 e. The number of thioether (sulfide) groups is 1. The molecule has 31 heavy (non-hydrogen) atoms. The highest BCUT2D eigenvalue weighted by Gasteiger charge is 2.15. The minimum Gasteiger partial charge on any atom is -0.379 e. The Hall–Kier alpha value is -2.06. The molecule has 0 unspecified atom stereocenters. The van der Waals surface area contributed by atoms with Gasteiger partial charge in [0.05, 0.1) is 38.5 Å². The third-order valence-corrected chi connectivity index (χ3v) is 5.97. The molecule has 0 bridgehead atoms. The predicted molar refractivity (Wildman–Crippen MR) is 128 cm³/mol. The van der Waals surface area contributed by atoms with Crippen LogP contribution in [0.3, 0.4) is 0 Å². The van der Waals surface area contributed by atoms with Gasteiger partial charge >= 0.3 is 0 Å². The molecule has 3 rings (SSSR count). The van der Waals surface area contributed by atoms with Crippen LogP contribution in [0.2, 0.25) is 10.0 Å². The number of aromatic nitrogens is 2. The molecule has 0 radical (unpaired) electrons. The Bertz CT molecular complexity index is 1110. The normalized spacial score (nSPS) is 11.3. The Labute approximate surface area is 194 Å². The Morgan fingerprint density at radius 1 is 1.16 bits per heavy atom. The van der Waals surface area contributed by atoms with Crippen molar-refractivity contribution < 1.29 is 9.53 Å². The lowest BCUT2D eigenvalue weighted by Crippen LogP contribution is -2.25. The fourth-order valence-electron chi connectivity index (χ4n) is 2.92. The van der Waals surface area contributed by atoms with Gasteiger partial charge in [0, 0.05) is 13.2 Å². The number of carbonyl (C=O) groups excluding carboxylic acids is 1. The number of fused-ring (bicyclic) bond motifs is 1. The van der Waals surface area contributed by atoms with Crippen LogP contribution >= 0.6 is 35.0 Å². The second-order valence-electron chi connectivity index (χ2n) is 7.07. The number of amides is 1. The SMILES string of the molecule is CC(C)OCCCn1c(SCC(=O)Nc2c(Cl)cccc2Cl)nc2ccccc2c1=O. The molecule has 0 spiro atoms. The molecule has 9 heteroatoms. The third kappa shape index (κ3) is 6.23. The number of hydrogen-bond acceptors (Lipinski definition) is 5. The van der Waals surface area contributed by atoms with Gasteiger partial charge in [0.25, 0.3) is 5.56 Å². The molecule has 6 nitrogen and oxygen atoms in total. The lowest BCUT2D eigenvalue weighted by atomic mass is 10.2. The lowest BCUT2D eigenvalue weighted by molar-refractivity contribution is -0.113. The molecular weight excluding hydrogens is 457 g/mol. The van der Waals surface area contributed by atoms with Crippen molar-refractivity contribution in [3.63, 3.8) is 0 Å². The van der Waals surface area contributed by atoms with Crippen molar-refractivity contribution in [2.24, 2.45) is 0 Å². The van der Waals surface area contributed by atoms with E-state index in [1.807, 2.05) is 26.0 Å². The van der Waals surface area contributed by atoms with Crippen molar-refractivity contribution >= 4 is 57.5 Å². The Balaban J connectivity index is 1.78. The van der Waals surface area contributed by atoms with Gasteiger partial charge in [-0.2, -0.15) is 0 Å². The van der Waals surface area contributed by atoms with Crippen LogP contribution in [0.1, 0.15) is 20.3 Å². The van der Waals surface area contributed by atoms with E-state index in [-0.39, 0.29) is 23.3 Å². The lowest BCUT2D eigenvalue weighted by Gasteiger charge is -2.14. The summed E-state index contributed by atoms with van der Waals surface area (Å²) in [5.41, 5.74) is 0.831. The zero-order chi connectivity index (χ0) is 22.4. The summed E-state index contributed by atoms with van der Waals surface area (Å²) in [4.78, 5) is 30.2. The average Bonchev–Trinajstić information content (AvgIpc) is 2.73. The standard InChI is InChI=1S/C22H23Cl2N3O3S/c1-14(2)30-12-6-11-27-21(29)15-7-3-4-10-18(15)25-22(27)31-13-19(28)26-20-16(23)8-5-9-17(20)24/h3-5,7-10,14H,6,11-13H2,1-2H3,(H,26,28). The molecule has 0 aliphatic heterocycles. The fraction of sp³-hybridized carbons (Fsp3) is 0.318. The molecule has 1 aromatic heterocycles. The molecule has 2 aromatic carbocycles. The number of para-hydroxylation sites is 2. The van der Waals surface area contributed by atoms with Gasteiger partial charge < -0.3 is 10.1 Å². The van der Waals surface area contributed by atoms with E-state index in [0.29, 0.717) is 51.4 Å². The summed E-state index contributed by atoms with van der Waals surface area (Å²) < 4.78 is 7.19. The van der Waals surface area contributed by atoms with Crippen LogP contribution in [0.25, 0.3) is 10.9 Å². The van der Waals surface area contributed by atoms with Gasteiger partial charge in [0.15, 0.2) is 5.16 Å². The maximum absolute atomic E-state index is 13.0. The van der Waals surface area contributed by atoms with Crippen molar-refractivity contribution in [1.29, 1.82) is 0 Å². The first-order valence-corrected chi connectivity index (χ1v) is 11.6. The van der Waals surface area contributed by atoms with E-state index in [1.54, 1.807) is 34.9 Å². The van der Waals surface area contributed by atoms with Gasteiger partial charge in [0.1, 0.15) is 0 Å². The number of nitrogens with one attached hydrogen (secondary N) is 1. The van der Waals surface area contributed by atoms with Crippen molar-refractivity contribution in [3.05, 3.63) is 62.9 Å². The van der Waals surface area contributed by atoms with Gasteiger partial charge in [-0.3, -0.25) is 14.2 Å². The molecule has 3 aromatic rings. The Morgan fingerprint density at radius 2 is 1.87 bits per heavy atom. The number of rotatable bonds is 9. The molecule has 1 amide bonds. The molecule has 0 aliphatic carbocycles. The van der Waals surface area contributed by atoms with E-state index >= 15 is 0 Å². The summed E-state index contributed by atoms with van der Waals surface area (Å²) in [6.45, 7) is 4.92. The maximum atomic E-state index is 13.0. The predicted octanol–water partition coefficient (Wildman–Crippen LogP) is 5.25. The van der Waals surface area contributed by atoms with E-state index in [2.05, 4.69) is 10.3 Å². The molecule has 0 saturated carbocycles. The van der Waals surface area contributed by atoms with E-state index in [9.17, 15) is 9.59 Å². The van der Waals surface area contributed by atoms with Crippen LogP contribution in [0, 0.1) is 0 Å². The number of halogens is 2. The van der Waals surface area contributed by atoms with Crippen molar-refractivity contribution in [2.75, 3.05) is 17.7 Å². The summed E-state index contributed by atoms with van der Waals surface area (Å²) >= 11 is 13.4. The van der Waals surface area contributed by atoms with E-state index in [4.69, 9.17) is 27.9 Å². The maximum Gasteiger partial charge on any atom is 0.262 e. The summed E-state index contributed by atoms with van der Waals surface area (Å²) in [6.07, 6.45) is 0.785. The zero-order valence-electron chi connectivity index (χ0n) is 17.2. The van der Waals surface area contributed by atoms with E-state index in [0.717, 1.165) is 0 Å². The second kappa shape index (κ2) is 11.0. The number of carbonyl (C=O) groups is 1. The molecular formula is C22H23Cl2N3O3S. The molecule has 164 valence electrons. The average molecular weight is 480 g/mol. The topological polar surface area (TPSA) is 73.2 Å². The Morgan fingerprint density at radius 3 is 2.58 bits per heavy atom. The second-order valence-corrected chi connectivity index (χ2v) is 8.83. The van der Waals surface area contributed by atoms with Gasteiger partial charge in [-0.05, 0) is 44.5 Å². The number of hydrogen-bond donors (Lipinski definition) is 1. The highest BCUT2D eigenvalue weighted by molar-refractivity contribution is 7.99. The monoisotopic (exact) mass is 479 g/mol. The molecule has 1 N–H and O–H groups in total. The fourth-order valence-corrected chi connectivity index (χ4v) is 4.24. The largest absolute Gasteiger partial charge is 0.379 e. The summed E-state index contributed by atoms with van der Waals surface area (Å²) in [5, 5.41) is 4.47. The summed E-state index contributed by atoms with van der Waals surface area (Å²) in [5.74, 6) is -0.244. The highest BCUT2D eigenvalue weighted by atomic mass is 35.5. The quantitative estimate of drug-likeness (QED) is 0.257.